The zero-order valence-electron chi connectivity index (χ0n) is 19.8. The molecule has 4 aliphatic rings. The van der Waals surface area contributed by atoms with Gasteiger partial charge in [-0.05, 0) is 76.0 Å². The van der Waals surface area contributed by atoms with Crippen molar-refractivity contribution in [3.05, 3.63) is 0 Å². The molecule has 32 heavy (non-hydrogen) atoms. The van der Waals surface area contributed by atoms with E-state index in [1.54, 1.807) is 0 Å². The number of carbonyl (C=O) groups is 2. The summed E-state index contributed by atoms with van der Waals surface area (Å²) in [5, 5.41) is -0.755. The molecule has 0 N–H and O–H groups in total. The van der Waals surface area contributed by atoms with Gasteiger partial charge < -0.3 is 9.47 Å². The number of hydrogen-bond acceptors (Lipinski definition) is 7. The van der Waals surface area contributed by atoms with E-state index in [1.807, 2.05) is 13.8 Å². The number of ether oxygens (including phenoxy) is 2. The molecule has 0 spiro atoms. The summed E-state index contributed by atoms with van der Waals surface area (Å²) in [5.74, 6) is -2.73. The molecule has 5 unspecified atom stereocenters. The van der Waals surface area contributed by atoms with Gasteiger partial charge in [-0.25, -0.2) is 0 Å². The molecule has 0 saturated heterocycles. The van der Waals surface area contributed by atoms with Crippen LogP contribution in [0.1, 0.15) is 90.9 Å². The maximum atomic E-state index is 13.2. The average molecular weight is 473 g/mol. The first-order valence-electron chi connectivity index (χ1n) is 12.6. The van der Waals surface area contributed by atoms with Gasteiger partial charge in [0.05, 0.1) is 24.2 Å². The van der Waals surface area contributed by atoms with E-state index in [9.17, 15) is 18.0 Å². The summed E-state index contributed by atoms with van der Waals surface area (Å²) < 4.78 is 41.3. The number of hydrogen-bond donors (Lipinski definition) is 0. The van der Waals surface area contributed by atoms with E-state index >= 15 is 0 Å². The third-order valence-corrected chi connectivity index (χ3v) is 9.51. The second kappa shape index (κ2) is 11.3. The van der Waals surface area contributed by atoms with Gasteiger partial charge in [0.2, 0.25) is 0 Å². The van der Waals surface area contributed by atoms with Crippen LogP contribution >= 0.6 is 0 Å². The molecule has 2 bridgehead atoms. The lowest BCUT2D eigenvalue weighted by Gasteiger charge is -2.34. The van der Waals surface area contributed by atoms with Crippen LogP contribution in [0.2, 0.25) is 0 Å². The third-order valence-electron chi connectivity index (χ3n) is 7.76. The lowest BCUT2D eigenvalue weighted by atomic mass is 9.78. The summed E-state index contributed by atoms with van der Waals surface area (Å²) >= 11 is 0. The molecule has 0 aromatic heterocycles. The van der Waals surface area contributed by atoms with Crippen LogP contribution in [0.4, 0.5) is 0 Å². The zero-order valence-corrected chi connectivity index (χ0v) is 20.6. The van der Waals surface area contributed by atoms with E-state index in [2.05, 4.69) is 0 Å². The molecule has 0 aliphatic heterocycles. The first kappa shape index (κ1) is 25.5. The van der Waals surface area contributed by atoms with Gasteiger partial charge in [-0.2, -0.15) is 8.42 Å². The first-order chi connectivity index (χ1) is 15.4. The number of fused-ring (bicyclic) bond motifs is 2. The average Bonchev–Trinajstić information content (AvgIpc) is 3.41. The van der Waals surface area contributed by atoms with Crippen molar-refractivity contribution in [3.8, 4) is 0 Å². The highest BCUT2D eigenvalue weighted by atomic mass is 32.2. The van der Waals surface area contributed by atoms with Gasteiger partial charge in [0.15, 0.2) is 0 Å². The number of esters is 2. The van der Waals surface area contributed by atoms with Crippen molar-refractivity contribution < 1.29 is 31.7 Å². The second-order valence-electron chi connectivity index (χ2n) is 9.54. The molecule has 4 rings (SSSR count). The molecule has 7 nitrogen and oxygen atoms in total. The Morgan fingerprint density at radius 2 is 1.19 bits per heavy atom. The van der Waals surface area contributed by atoms with Crippen molar-refractivity contribution in [3.63, 3.8) is 0 Å². The van der Waals surface area contributed by atoms with Crippen molar-refractivity contribution in [2.24, 2.45) is 23.7 Å². The highest BCUT2D eigenvalue weighted by Gasteiger charge is 2.62. The summed E-state index contributed by atoms with van der Waals surface area (Å²) in [5.41, 5.74) is 0. The summed E-state index contributed by atoms with van der Waals surface area (Å²) in [6, 6.07) is 0. The Morgan fingerprint density at radius 1 is 0.719 bits per heavy atom. The van der Waals surface area contributed by atoms with Crippen LogP contribution in [0.3, 0.4) is 0 Å². The predicted octanol–water partition coefficient (Wildman–Crippen LogP) is 4.38. The number of rotatable bonds is 6. The standard InChI is InChI=1S/C22H34O7S.C2H6/c1-27-30(25,26)18-13-14-12-17(18)20(22(24)29-16-10-6-3-7-11-16)19(14)21(23)28-15-8-4-2-5-9-15;1-2/h14-20H,2-13H2,1H3;1-2H3. The molecular weight excluding hydrogens is 432 g/mol. The molecule has 8 heteroatoms. The molecule has 0 radical (unpaired) electrons. The summed E-state index contributed by atoms with van der Waals surface area (Å²) in [6.07, 6.45) is 10.5. The fourth-order valence-electron chi connectivity index (χ4n) is 6.27. The monoisotopic (exact) mass is 472 g/mol. The van der Waals surface area contributed by atoms with Crippen LogP contribution in [-0.4, -0.2) is 44.9 Å². The smallest absolute Gasteiger partial charge is 0.310 e. The minimum atomic E-state index is -3.76. The first-order valence-corrected chi connectivity index (χ1v) is 14.1. The van der Waals surface area contributed by atoms with E-state index in [1.165, 1.54) is 0 Å². The van der Waals surface area contributed by atoms with Crippen molar-refractivity contribution >= 4 is 22.1 Å². The van der Waals surface area contributed by atoms with Gasteiger partial charge in [0, 0.05) is 0 Å². The Hall–Kier alpha value is -1.15. The van der Waals surface area contributed by atoms with Crippen LogP contribution in [0, 0.1) is 23.7 Å². The topological polar surface area (TPSA) is 96.0 Å². The fourth-order valence-corrected chi connectivity index (χ4v) is 7.71. The van der Waals surface area contributed by atoms with Gasteiger partial charge in [-0.3, -0.25) is 13.8 Å². The van der Waals surface area contributed by atoms with Gasteiger partial charge >= 0.3 is 11.9 Å². The molecular formula is C24H40O7S. The molecule has 184 valence electrons. The Bertz CT molecular complexity index is 737. The number of carbonyl (C=O) groups excluding carboxylic acids is 2. The maximum Gasteiger partial charge on any atom is 0.310 e. The van der Waals surface area contributed by atoms with Crippen molar-refractivity contribution in [1.82, 2.24) is 0 Å². The van der Waals surface area contributed by atoms with Crippen LogP contribution in [0.5, 0.6) is 0 Å². The van der Waals surface area contributed by atoms with Crippen molar-refractivity contribution in [2.75, 3.05) is 7.11 Å². The molecule has 0 amide bonds. The second-order valence-corrected chi connectivity index (χ2v) is 11.5. The van der Waals surface area contributed by atoms with Gasteiger partial charge in [0.1, 0.15) is 12.2 Å². The molecule has 4 saturated carbocycles. The lowest BCUT2D eigenvalue weighted by molar-refractivity contribution is -0.170. The molecule has 0 aromatic carbocycles. The molecule has 0 heterocycles. The highest BCUT2D eigenvalue weighted by Crippen LogP contribution is 2.55. The molecule has 4 fully saturated rings. The molecule has 4 aliphatic carbocycles. The Balaban J connectivity index is 0.00000141. The third kappa shape index (κ3) is 5.49. The Kier molecular flexibility index (Phi) is 9.01. The quantitative estimate of drug-likeness (QED) is 0.418. The van der Waals surface area contributed by atoms with E-state index in [-0.39, 0.29) is 24.1 Å². The fraction of sp³-hybridized carbons (Fsp3) is 0.917. The summed E-state index contributed by atoms with van der Waals surface area (Å²) in [7, 11) is -2.61. The Morgan fingerprint density at radius 3 is 1.66 bits per heavy atom. The molecule has 0 aromatic rings. The van der Waals surface area contributed by atoms with Crippen LogP contribution in [-0.2, 0) is 33.4 Å². The lowest BCUT2D eigenvalue weighted by Crippen LogP contribution is -2.45. The van der Waals surface area contributed by atoms with E-state index < -0.39 is 39.1 Å². The van der Waals surface area contributed by atoms with Crippen molar-refractivity contribution in [2.45, 2.75) is 108 Å². The molecule has 5 atom stereocenters. The maximum absolute atomic E-state index is 13.2. The van der Waals surface area contributed by atoms with Gasteiger partial charge in [-0.15, -0.1) is 0 Å². The van der Waals surface area contributed by atoms with E-state index in [4.69, 9.17) is 13.7 Å². The minimum Gasteiger partial charge on any atom is -0.462 e. The summed E-state index contributed by atoms with van der Waals surface area (Å²) in [4.78, 5) is 26.3. The van der Waals surface area contributed by atoms with Crippen LogP contribution in [0.25, 0.3) is 0 Å². The minimum absolute atomic E-state index is 0.0844. The Labute approximate surface area is 193 Å². The van der Waals surface area contributed by atoms with Gasteiger partial charge in [0.25, 0.3) is 10.1 Å². The van der Waals surface area contributed by atoms with E-state index in [0.29, 0.717) is 12.8 Å². The SMILES string of the molecule is CC.COS(=O)(=O)C1CC2CC1C(C(=O)OC1CCCCC1)C2C(=O)OC1CCCCC1. The largest absolute Gasteiger partial charge is 0.462 e. The van der Waals surface area contributed by atoms with E-state index in [0.717, 1.165) is 71.3 Å². The van der Waals surface area contributed by atoms with Crippen LogP contribution in [0.15, 0.2) is 0 Å². The normalized spacial score (nSPS) is 33.3. The predicted molar refractivity (Wildman–Crippen MR) is 120 cm³/mol. The van der Waals surface area contributed by atoms with Crippen LogP contribution < -0.4 is 0 Å². The zero-order chi connectivity index (χ0) is 23.3. The van der Waals surface area contributed by atoms with Gasteiger partial charge in [-0.1, -0.05) is 26.7 Å². The highest BCUT2D eigenvalue weighted by molar-refractivity contribution is 7.87. The van der Waals surface area contributed by atoms with Crippen molar-refractivity contribution in [1.29, 1.82) is 0 Å². The summed E-state index contributed by atoms with van der Waals surface area (Å²) in [6.45, 7) is 4.00.